The second-order valence-corrected chi connectivity index (χ2v) is 3.68. The molecule has 80 valence electrons. The topological polar surface area (TPSA) is 59.2 Å². The van der Waals surface area contributed by atoms with Gasteiger partial charge in [-0.25, -0.2) is 0 Å². The van der Waals surface area contributed by atoms with Crippen LogP contribution in [0.2, 0.25) is 0 Å². The first-order valence-corrected chi connectivity index (χ1v) is 5.02. The van der Waals surface area contributed by atoms with Crippen LogP contribution >= 0.6 is 0 Å². The molecule has 4 nitrogen and oxygen atoms in total. The minimum atomic E-state index is -0.289. The van der Waals surface area contributed by atoms with Gasteiger partial charge in [-0.15, -0.1) is 0 Å². The van der Waals surface area contributed by atoms with Gasteiger partial charge in [0.1, 0.15) is 0 Å². The number of pyridine rings is 1. The third-order valence-electron chi connectivity index (χ3n) is 2.61. The first-order chi connectivity index (χ1) is 7.18. The molecule has 2 heterocycles. The fourth-order valence-corrected chi connectivity index (χ4v) is 1.78. The number of fused-ring (bicyclic) bond motifs is 1. The van der Waals surface area contributed by atoms with E-state index in [0.29, 0.717) is 19.6 Å². The Morgan fingerprint density at radius 2 is 2.13 bits per heavy atom. The molecule has 2 rings (SSSR count). The largest absolute Gasteiger partial charge is 0.381 e. The summed E-state index contributed by atoms with van der Waals surface area (Å²) in [5.74, 6) is -0.191. The lowest BCUT2D eigenvalue weighted by molar-refractivity contribution is 0.101. The number of hydrogen-bond acceptors (Lipinski definition) is 3. The molecule has 0 spiro atoms. The lowest BCUT2D eigenvalue weighted by atomic mass is 10.0. The third kappa shape index (κ3) is 1.99. The van der Waals surface area contributed by atoms with Gasteiger partial charge in [0.2, 0.25) is 0 Å². The van der Waals surface area contributed by atoms with Crippen molar-refractivity contribution in [2.75, 3.05) is 13.2 Å². The number of aromatic amines is 1. The highest BCUT2D eigenvalue weighted by molar-refractivity contribution is 5.93. The van der Waals surface area contributed by atoms with Gasteiger partial charge < -0.3 is 9.72 Å². The van der Waals surface area contributed by atoms with E-state index in [9.17, 15) is 9.59 Å². The van der Waals surface area contributed by atoms with Gasteiger partial charge in [0.15, 0.2) is 5.78 Å². The SMILES string of the molecule is CC(=O)c1cc2c([nH]c1=O)CCOCC2. The summed E-state index contributed by atoms with van der Waals surface area (Å²) in [6.07, 6.45) is 1.47. The molecule has 0 saturated heterocycles. The predicted octanol–water partition coefficient (Wildman–Crippen LogP) is 0.693. The van der Waals surface area contributed by atoms with Crippen LogP contribution in [0, 0.1) is 0 Å². The van der Waals surface area contributed by atoms with Crippen molar-refractivity contribution in [1.29, 1.82) is 0 Å². The highest BCUT2D eigenvalue weighted by Gasteiger charge is 2.13. The zero-order valence-electron chi connectivity index (χ0n) is 8.63. The monoisotopic (exact) mass is 207 g/mol. The van der Waals surface area contributed by atoms with Gasteiger partial charge in [0.25, 0.3) is 5.56 Å². The van der Waals surface area contributed by atoms with Crippen LogP contribution in [0.15, 0.2) is 10.9 Å². The quantitative estimate of drug-likeness (QED) is 0.689. The molecule has 1 aromatic rings. The fourth-order valence-electron chi connectivity index (χ4n) is 1.78. The van der Waals surface area contributed by atoms with E-state index in [-0.39, 0.29) is 16.9 Å². The number of rotatable bonds is 1. The summed E-state index contributed by atoms with van der Waals surface area (Å²) in [5.41, 5.74) is 1.89. The van der Waals surface area contributed by atoms with E-state index in [2.05, 4.69) is 4.98 Å². The van der Waals surface area contributed by atoms with Crippen LogP contribution < -0.4 is 5.56 Å². The maximum absolute atomic E-state index is 11.5. The van der Waals surface area contributed by atoms with E-state index in [1.165, 1.54) is 6.92 Å². The molecule has 0 amide bonds. The van der Waals surface area contributed by atoms with Gasteiger partial charge in [-0.3, -0.25) is 9.59 Å². The van der Waals surface area contributed by atoms with Crippen molar-refractivity contribution < 1.29 is 9.53 Å². The van der Waals surface area contributed by atoms with Gasteiger partial charge >= 0.3 is 0 Å². The smallest absolute Gasteiger partial charge is 0.259 e. The second kappa shape index (κ2) is 3.98. The lowest BCUT2D eigenvalue weighted by Crippen LogP contribution is -2.19. The van der Waals surface area contributed by atoms with Crippen LogP contribution in [-0.2, 0) is 17.6 Å². The molecule has 0 aromatic carbocycles. The van der Waals surface area contributed by atoms with E-state index >= 15 is 0 Å². The summed E-state index contributed by atoms with van der Waals surface area (Å²) >= 11 is 0. The number of ether oxygens (including phenoxy) is 1. The molecule has 0 aliphatic carbocycles. The molecule has 15 heavy (non-hydrogen) atoms. The summed E-state index contributed by atoms with van der Waals surface area (Å²) < 4.78 is 5.31. The Morgan fingerprint density at radius 3 is 2.87 bits per heavy atom. The van der Waals surface area contributed by atoms with E-state index in [1.807, 2.05) is 0 Å². The maximum atomic E-state index is 11.5. The molecule has 1 aliphatic heterocycles. The maximum Gasteiger partial charge on any atom is 0.259 e. The number of H-pyrrole nitrogens is 1. The first kappa shape index (κ1) is 10.1. The van der Waals surface area contributed by atoms with Gasteiger partial charge in [0.05, 0.1) is 18.8 Å². The van der Waals surface area contributed by atoms with E-state index in [4.69, 9.17) is 4.74 Å². The molecule has 0 bridgehead atoms. The average Bonchev–Trinajstić information content (AvgIpc) is 2.40. The van der Waals surface area contributed by atoms with Crippen molar-refractivity contribution in [3.05, 3.63) is 33.2 Å². The van der Waals surface area contributed by atoms with E-state index in [1.54, 1.807) is 6.07 Å². The molecule has 4 heteroatoms. The van der Waals surface area contributed by atoms with Gasteiger partial charge in [-0.1, -0.05) is 0 Å². The molecule has 1 aromatic heterocycles. The van der Waals surface area contributed by atoms with Gasteiger partial charge in [-0.05, 0) is 25.0 Å². The van der Waals surface area contributed by atoms with Crippen LogP contribution in [-0.4, -0.2) is 24.0 Å². The highest BCUT2D eigenvalue weighted by Crippen LogP contribution is 2.11. The molecule has 1 N–H and O–H groups in total. The lowest BCUT2D eigenvalue weighted by Gasteiger charge is -2.05. The summed E-state index contributed by atoms with van der Waals surface area (Å²) in [6.45, 7) is 2.68. The zero-order chi connectivity index (χ0) is 10.8. The van der Waals surface area contributed by atoms with Crippen molar-refractivity contribution in [2.24, 2.45) is 0 Å². The van der Waals surface area contributed by atoms with Crippen LogP contribution in [0.25, 0.3) is 0 Å². The Hall–Kier alpha value is -1.42. The standard InChI is InChI=1S/C11H13NO3/c1-7(13)9-6-8-2-4-15-5-3-10(8)12-11(9)14/h6H,2-5H2,1H3,(H,12,14). The Kier molecular flexibility index (Phi) is 2.68. The number of carbonyl (C=O) groups excluding carboxylic acids is 1. The number of nitrogens with one attached hydrogen (secondary N) is 1. The molecular weight excluding hydrogens is 194 g/mol. The average molecular weight is 207 g/mol. The van der Waals surface area contributed by atoms with Crippen molar-refractivity contribution in [3.8, 4) is 0 Å². The minimum Gasteiger partial charge on any atom is -0.381 e. The Morgan fingerprint density at radius 1 is 1.40 bits per heavy atom. The van der Waals surface area contributed by atoms with Gasteiger partial charge in [-0.2, -0.15) is 0 Å². The van der Waals surface area contributed by atoms with E-state index < -0.39 is 0 Å². The van der Waals surface area contributed by atoms with Crippen molar-refractivity contribution >= 4 is 5.78 Å². The minimum absolute atomic E-state index is 0.191. The molecule has 0 unspecified atom stereocenters. The second-order valence-electron chi connectivity index (χ2n) is 3.68. The van der Waals surface area contributed by atoms with Crippen LogP contribution in [0.4, 0.5) is 0 Å². The molecule has 1 aliphatic rings. The van der Waals surface area contributed by atoms with E-state index in [0.717, 1.165) is 17.7 Å². The normalized spacial score (nSPS) is 15.5. The zero-order valence-corrected chi connectivity index (χ0v) is 8.63. The number of ketones is 1. The summed E-state index contributed by atoms with van der Waals surface area (Å²) in [4.78, 5) is 25.5. The molecule has 0 saturated carbocycles. The predicted molar refractivity (Wildman–Crippen MR) is 55.3 cm³/mol. The summed E-state index contributed by atoms with van der Waals surface area (Å²) in [6, 6.07) is 1.70. The fraction of sp³-hybridized carbons (Fsp3) is 0.455. The number of hydrogen-bond donors (Lipinski definition) is 1. The number of aromatic nitrogens is 1. The number of Topliss-reactive ketones (excluding diaryl/α,β-unsaturated/α-hetero) is 1. The van der Waals surface area contributed by atoms with Crippen LogP contribution in [0.1, 0.15) is 28.5 Å². The Bertz CT molecular complexity index is 448. The summed E-state index contributed by atoms with van der Waals surface area (Å²) in [7, 11) is 0. The summed E-state index contributed by atoms with van der Waals surface area (Å²) in [5, 5.41) is 0. The third-order valence-corrected chi connectivity index (χ3v) is 2.61. The number of carbonyl (C=O) groups is 1. The van der Waals surface area contributed by atoms with Gasteiger partial charge in [0, 0.05) is 12.1 Å². The molecule has 0 fully saturated rings. The Balaban J connectivity index is 2.52. The van der Waals surface area contributed by atoms with Crippen molar-refractivity contribution in [3.63, 3.8) is 0 Å². The van der Waals surface area contributed by atoms with Crippen molar-refractivity contribution in [2.45, 2.75) is 19.8 Å². The first-order valence-electron chi connectivity index (χ1n) is 5.02. The molecular formula is C11H13NO3. The highest BCUT2D eigenvalue weighted by atomic mass is 16.5. The molecule has 0 radical (unpaired) electrons. The molecule has 0 atom stereocenters. The van der Waals surface area contributed by atoms with Crippen LogP contribution in [0.5, 0.6) is 0 Å². The van der Waals surface area contributed by atoms with Crippen molar-refractivity contribution in [1.82, 2.24) is 4.98 Å². The van der Waals surface area contributed by atoms with Crippen LogP contribution in [0.3, 0.4) is 0 Å². The Labute approximate surface area is 87.3 Å².